The van der Waals surface area contributed by atoms with Gasteiger partial charge in [0.15, 0.2) is 5.82 Å². The quantitative estimate of drug-likeness (QED) is 0.707. The molecule has 1 saturated carbocycles. The minimum Gasteiger partial charge on any atom is -0.339 e. The van der Waals surface area contributed by atoms with E-state index in [-0.39, 0.29) is 18.0 Å². The van der Waals surface area contributed by atoms with E-state index < -0.39 is 0 Å². The van der Waals surface area contributed by atoms with Crippen LogP contribution < -0.4 is 15.2 Å². The van der Waals surface area contributed by atoms with Crippen molar-refractivity contribution in [3.05, 3.63) is 36.0 Å². The smallest absolute Gasteiger partial charge is 0.339 e. The number of carbonyl (C=O) groups is 2. The monoisotopic (exact) mass is 463 g/mol. The lowest BCUT2D eigenvalue weighted by Crippen LogP contribution is -2.59. The van der Waals surface area contributed by atoms with Gasteiger partial charge in [-0.3, -0.25) is 14.7 Å². The molecule has 3 aliphatic rings. The van der Waals surface area contributed by atoms with Gasteiger partial charge in [-0.15, -0.1) is 0 Å². The first-order valence-corrected chi connectivity index (χ1v) is 12.4. The molecule has 0 bridgehead atoms. The fourth-order valence-electron chi connectivity index (χ4n) is 5.23. The van der Waals surface area contributed by atoms with Crippen molar-refractivity contribution in [1.29, 1.82) is 0 Å². The number of urea groups is 1. The Bertz CT molecular complexity index is 1050. The Balaban J connectivity index is 1.40. The summed E-state index contributed by atoms with van der Waals surface area (Å²) in [5.41, 5.74) is 2.23. The molecular weight excluding hydrogens is 430 g/mol. The third-order valence-electron chi connectivity index (χ3n) is 7.10. The predicted octanol–water partition coefficient (Wildman–Crippen LogP) is 4.40. The van der Waals surface area contributed by atoms with Gasteiger partial charge in [0.1, 0.15) is 5.69 Å². The molecular formula is C25H33N7O2. The van der Waals surface area contributed by atoms with E-state index in [1.165, 1.54) is 6.42 Å². The Morgan fingerprint density at radius 1 is 1.06 bits per heavy atom. The van der Waals surface area contributed by atoms with E-state index in [2.05, 4.69) is 15.3 Å². The number of likely N-dealkylation sites (tertiary alicyclic amines) is 1. The van der Waals surface area contributed by atoms with Gasteiger partial charge in [-0.05, 0) is 56.9 Å². The molecule has 1 aliphatic carbocycles. The predicted molar refractivity (Wildman–Crippen MR) is 132 cm³/mol. The van der Waals surface area contributed by atoms with E-state index in [1.807, 2.05) is 36.1 Å². The summed E-state index contributed by atoms with van der Waals surface area (Å²) in [7, 11) is 1.77. The van der Waals surface area contributed by atoms with Gasteiger partial charge in [0.2, 0.25) is 5.95 Å². The van der Waals surface area contributed by atoms with Gasteiger partial charge < -0.3 is 10.2 Å². The average molecular weight is 464 g/mol. The number of rotatable bonds is 5. The van der Waals surface area contributed by atoms with E-state index in [1.54, 1.807) is 23.2 Å². The van der Waals surface area contributed by atoms with E-state index in [4.69, 9.17) is 4.98 Å². The molecule has 2 fully saturated rings. The molecule has 1 saturated heterocycles. The molecule has 0 atom stereocenters. The highest BCUT2D eigenvalue weighted by molar-refractivity contribution is 5.98. The molecule has 9 nitrogen and oxygen atoms in total. The maximum absolute atomic E-state index is 13.0. The van der Waals surface area contributed by atoms with Crippen molar-refractivity contribution >= 4 is 35.1 Å². The van der Waals surface area contributed by atoms with Crippen LogP contribution in [0.1, 0.15) is 62.2 Å². The number of nitrogens with zero attached hydrogens (tertiary/aromatic N) is 6. The number of nitrogens with one attached hydrogen (secondary N) is 1. The molecule has 180 valence electrons. The fraction of sp³-hybridized carbons (Fsp3) is 0.520. The minimum absolute atomic E-state index is 0.0526. The highest BCUT2D eigenvalue weighted by Gasteiger charge is 2.39. The van der Waals surface area contributed by atoms with E-state index >= 15 is 0 Å². The molecule has 3 heterocycles. The zero-order chi connectivity index (χ0) is 23.7. The van der Waals surface area contributed by atoms with Crippen LogP contribution in [-0.2, 0) is 0 Å². The Kier molecular flexibility index (Phi) is 6.26. The molecule has 2 aliphatic heterocycles. The van der Waals surface area contributed by atoms with Crippen molar-refractivity contribution < 1.29 is 9.59 Å². The number of benzene rings is 1. The molecule has 3 amide bonds. The van der Waals surface area contributed by atoms with Gasteiger partial charge >= 0.3 is 6.03 Å². The van der Waals surface area contributed by atoms with Gasteiger partial charge in [0, 0.05) is 37.9 Å². The molecule has 5 rings (SSSR count). The average Bonchev–Trinajstić information content (AvgIpc) is 3.42. The second-order valence-corrected chi connectivity index (χ2v) is 9.30. The zero-order valence-electron chi connectivity index (χ0n) is 20.0. The van der Waals surface area contributed by atoms with Crippen LogP contribution in [0.3, 0.4) is 0 Å². The SMILES string of the molecule is CCN1C(=O)N(C)c2cnc(Nc3ccc(C(=O)N4CCCC4)cc3)nc2N1C1CCCCC1. The summed E-state index contributed by atoms with van der Waals surface area (Å²) in [5, 5.41) is 7.17. The highest BCUT2D eigenvalue weighted by Crippen LogP contribution is 2.38. The summed E-state index contributed by atoms with van der Waals surface area (Å²) < 4.78 is 0. The second kappa shape index (κ2) is 9.48. The molecule has 2 aromatic rings. The topological polar surface area (TPSA) is 84.9 Å². The third-order valence-corrected chi connectivity index (χ3v) is 7.10. The minimum atomic E-state index is -0.0526. The van der Waals surface area contributed by atoms with Crippen LogP contribution in [0.15, 0.2) is 30.5 Å². The largest absolute Gasteiger partial charge is 0.343 e. The van der Waals surface area contributed by atoms with Crippen LogP contribution in [0.4, 0.5) is 27.9 Å². The Labute approximate surface area is 200 Å². The van der Waals surface area contributed by atoms with Gasteiger partial charge in [-0.1, -0.05) is 19.3 Å². The summed E-state index contributed by atoms with van der Waals surface area (Å²) in [4.78, 5) is 38.5. The third kappa shape index (κ3) is 4.15. The maximum Gasteiger partial charge on any atom is 0.343 e. The van der Waals surface area contributed by atoms with Crippen LogP contribution in [0.5, 0.6) is 0 Å². The van der Waals surface area contributed by atoms with Crippen LogP contribution in [0.2, 0.25) is 0 Å². The first-order chi connectivity index (χ1) is 16.6. The molecule has 9 heteroatoms. The van der Waals surface area contributed by atoms with Crippen LogP contribution >= 0.6 is 0 Å². The standard InChI is InChI=1S/C25H33N7O2/c1-3-31-25(34)29(2)21-17-26-24(28-22(21)32(31)20-9-5-4-6-10-20)27-19-13-11-18(12-14-19)23(33)30-15-7-8-16-30/h11-14,17,20H,3-10,15-16H2,1-2H3,(H,26,27,28). The van der Waals surface area contributed by atoms with Crippen molar-refractivity contribution in [2.24, 2.45) is 0 Å². The Morgan fingerprint density at radius 2 is 1.76 bits per heavy atom. The van der Waals surface area contributed by atoms with Gasteiger partial charge in [-0.2, -0.15) is 4.98 Å². The summed E-state index contributed by atoms with van der Waals surface area (Å²) in [6.45, 7) is 4.26. The Morgan fingerprint density at radius 3 is 2.44 bits per heavy atom. The van der Waals surface area contributed by atoms with Crippen molar-refractivity contribution in [3.63, 3.8) is 0 Å². The first-order valence-electron chi connectivity index (χ1n) is 12.4. The zero-order valence-corrected chi connectivity index (χ0v) is 20.0. The molecule has 34 heavy (non-hydrogen) atoms. The number of carbonyl (C=O) groups excluding carboxylic acids is 2. The lowest BCUT2D eigenvalue weighted by Gasteiger charge is -2.47. The number of fused-ring (bicyclic) bond motifs is 1. The summed E-state index contributed by atoms with van der Waals surface area (Å²) >= 11 is 0. The molecule has 1 N–H and O–H groups in total. The van der Waals surface area contributed by atoms with E-state index in [0.717, 1.165) is 68.8 Å². The van der Waals surface area contributed by atoms with Crippen molar-refractivity contribution in [2.75, 3.05) is 41.9 Å². The molecule has 1 aromatic heterocycles. The van der Waals surface area contributed by atoms with Gasteiger partial charge in [-0.25, -0.2) is 14.8 Å². The van der Waals surface area contributed by atoms with E-state index in [9.17, 15) is 9.59 Å². The van der Waals surface area contributed by atoms with Crippen LogP contribution in [-0.4, -0.2) is 64.5 Å². The van der Waals surface area contributed by atoms with Crippen molar-refractivity contribution in [3.8, 4) is 0 Å². The summed E-state index contributed by atoms with van der Waals surface area (Å²) in [6.07, 6.45) is 9.54. The summed E-state index contributed by atoms with van der Waals surface area (Å²) in [6, 6.07) is 7.67. The Hall–Kier alpha value is -3.36. The molecule has 0 spiro atoms. The lowest BCUT2D eigenvalue weighted by atomic mass is 9.94. The van der Waals surface area contributed by atoms with Crippen LogP contribution in [0, 0.1) is 0 Å². The highest BCUT2D eigenvalue weighted by atomic mass is 16.2. The number of hydrogen-bond acceptors (Lipinski definition) is 6. The fourth-order valence-corrected chi connectivity index (χ4v) is 5.23. The number of aromatic nitrogens is 2. The number of hydrogen-bond donors (Lipinski definition) is 1. The molecule has 0 unspecified atom stereocenters. The van der Waals surface area contributed by atoms with Crippen molar-refractivity contribution in [1.82, 2.24) is 19.9 Å². The normalized spacial score (nSPS) is 18.9. The second-order valence-electron chi connectivity index (χ2n) is 9.30. The number of anilines is 4. The number of hydrazine groups is 1. The van der Waals surface area contributed by atoms with Gasteiger partial charge in [0.05, 0.1) is 12.2 Å². The number of amides is 3. The maximum atomic E-state index is 13.0. The van der Waals surface area contributed by atoms with Gasteiger partial charge in [0.25, 0.3) is 5.91 Å². The summed E-state index contributed by atoms with van der Waals surface area (Å²) in [5.74, 6) is 1.32. The van der Waals surface area contributed by atoms with Crippen molar-refractivity contribution in [2.45, 2.75) is 57.9 Å². The van der Waals surface area contributed by atoms with E-state index in [0.29, 0.717) is 18.1 Å². The first kappa shape index (κ1) is 22.4. The molecule has 1 aromatic carbocycles. The van der Waals surface area contributed by atoms with Crippen LogP contribution in [0.25, 0.3) is 0 Å². The molecule has 0 radical (unpaired) electrons. The lowest BCUT2D eigenvalue weighted by molar-refractivity contribution is 0.0793.